The first kappa shape index (κ1) is 31.6. The van der Waals surface area contributed by atoms with E-state index in [1.165, 1.54) is 77.0 Å². The third kappa shape index (κ3) is 29.7. The van der Waals surface area contributed by atoms with E-state index in [4.69, 9.17) is 10.2 Å². The van der Waals surface area contributed by atoms with Gasteiger partial charge in [0.1, 0.15) is 0 Å². The van der Waals surface area contributed by atoms with Gasteiger partial charge in [0.05, 0.1) is 0 Å². The Balaban J connectivity index is -0.000000441. The molecule has 4 nitrogen and oxygen atoms in total. The van der Waals surface area contributed by atoms with Crippen LogP contribution in [0.25, 0.3) is 0 Å². The number of hydrogen-bond donors (Lipinski definition) is 2. The van der Waals surface area contributed by atoms with Crippen molar-refractivity contribution in [2.75, 3.05) is 0 Å². The van der Waals surface area contributed by atoms with Gasteiger partial charge in [0, 0.05) is 12.8 Å². The summed E-state index contributed by atoms with van der Waals surface area (Å²) < 4.78 is 0. The topological polar surface area (TPSA) is 74.6 Å². The average molecular weight is 391 g/mol. The van der Waals surface area contributed by atoms with Crippen LogP contribution in [0.1, 0.15) is 118 Å². The fourth-order valence-electron chi connectivity index (χ4n) is 3.03. The zero-order valence-corrected chi connectivity index (χ0v) is 21.4. The number of hydrogen-bond acceptors (Lipinski definition) is 2. The van der Waals surface area contributed by atoms with E-state index in [9.17, 15) is 9.59 Å². The van der Waals surface area contributed by atoms with Crippen LogP contribution in [0.3, 0.4) is 0 Å². The van der Waals surface area contributed by atoms with Gasteiger partial charge in [-0.25, -0.2) is 0 Å². The molecule has 0 aromatic rings. The van der Waals surface area contributed by atoms with Gasteiger partial charge in [0.25, 0.3) is 0 Å². The van der Waals surface area contributed by atoms with Crippen molar-refractivity contribution in [3.8, 4) is 0 Å². The molecule has 0 heterocycles. The van der Waals surface area contributed by atoms with Crippen molar-refractivity contribution in [2.45, 2.75) is 116 Å². The largest absolute Gasteiger partial charge is 1.00 e. The zero-order chi connectivity index (χ0) is 17.9. The summed E-state index contributed by atoms with van der Waals surface area (Å²) in [5, 5.41) is 17.1. The zero-order valence-electron chi connectivity index (χ0n) is 19.4. The van der Waals surface area contributed by atoms with Gasteiger partial charge >= 0.3 is 71.1 Å². The molecular weight excluding hydrogens is 350 g/mol. The predicted molar refractivity (Wildman–Crippen MR) is 101 cm³/mol. The molecule has 0 unspecified atom stereocenters. The maximum atomic E-state index is 10.4. The maximum absolute atomic E-state index is 10.4. The van der Waals surface area contributed by atoms with Crippen LogP contribution in [0.15, 0.2) is 0 Å². The number of carboxylic acids is 2. The molecule has 0 aromatic carbocycles. The van der Waals surface area contributed by atoms with Gasteiger partial charge in [-0.15, -0.1) is 0 Å². The fraction of sp³-hybridized carbons (Fsp3) is 0.900. The van der Waals surface area contributed by atoms with Gasteiger partial charge < -0.3 is 13.1 Å². The summed E-state index contributed by atoms with van der Waals surface area (Å²) in [6.45, 7) is 0. The average Bonchev–Trinajstić information content (AvgIpc) is 2.53. The summed E-state index contributed by atoms with van der Waals surface area (Å²) in [5.74, 6) is -1.35. The first-order valence-corrected chi connectivity index (χ1v) is 10.1. The minimum Gasteiger partial charge on any atom is -1.00 e. The molecule has 0 radical (unpaired) electrons. The third-order valence-electron chi connectivity index (χ3n) is 4.53. The first-order valence-electron chi connectivity index (χ1n) is 10.1. The summed E-state index contributed by atoms with van der Waals surface area (Å²) in [6, 6.07) is 0. The molecule has 26 heavy (non-hydrogen) atoms. The number of carboxylic acid groups (broad SMARTS) is 2. The summed E-state index contributed by atoms with van der Waals surface area (Å²) >= 11 is 0. The van der Waals surface area contributed by atoms with Crippen LogP contribution in [0.4, 0.5) is 0 Å². The third-order valence-corrected chi connectivity index (χ3v) is 4.53. The van der Waals surface area contributed by atoms with Gasteiger partial charge in [0.15, 0.2) is 0 Å². The van der Waals surface area contributed by atoms with E-state index in [1.54, 1.807) is 0 Å². The molecule has 0 bridgehead atoms. The standard InChI is InChI=1S/C20H38O4.2Na.2H/c21-19(22)17-15-13-11-9-7-5-3-1-2-4-6-8-10-12-14-16-18-20(23)24;;;;/h1-18H2,(H,21,22)(H,23,24);;;;/q;2*+1;2*-1. The summed E-state index contributed by atoms with van der Waals surface area (Å²) in [4.78, 5) is 20.7. The van der Waals surface area contributed by atoms with Crippen molar-refractivity contribution in [3.63, 3.8) is 0 Å². The summed E-state index contributed by atoms with van der Waals surface area (Å²) in [5.41, 5.74) is 0. The number of aliphatic carboxylic acids is 2. The number of rotatable bonds is 19. The molecule has 2 N–H and O–H groups in total. The molecule has 0 aromatic heterocycles. The van der Waals surface area contributed by atoms with Gasteiger partial charge in [-0.3, -0.25) is 9.59 Å². The first-order chi connectivity index (χ1) is 11.6. The molecule has 0 saturated heterocycles. The quantitative estimate of drug-likeness (QED) is 0.248. The molecule has 0 aliphatic carbocycles. The normalized spacial score (nSPS) is 10.0. The summed E-state index contributed by atoms with van der Waals surface area (Å²) in [7, 11) is 0. The van der Waals surface area contributed by atoms with Crippen molar-refractivity contribution in [1.82, 2.24) is 0 Å². The van der Waals surface area contributed by atoms with Crippen molar-refractivity contribution in [1.29, 1.82) is 0 Å². The van der Waals surface area contributed by atoms with Crippen molar-refractivity contribution < 1.29 is 81.8 Å². The molecule has 0 rings (SSSR count). The molecule has 0 saturated carbocycles. The Hall–Kier alpha value is 0.940. The van der Waals surface area contributed by atoms with Gasteiger partial charge in [0.2, 0.25) is 0 Å². The smallest absolute Gasteiger partial charge is 1.00 e. The number of unbranched alkanes of at least 4 members (excludes halogenated alkanes) is 15. The minimum absolute atomic E-state index is 0. The van der Waals surface area contributed by atoms with Crippen LogP contribution < -0.4 is 59.1 Å². The van der Waals surface area contributed by atoms with Crippen LogP contribution in [0.5, 0.6) is 0 Å². The Morgan fingerprint density at radius 1 is 0.423 bits per heavy atom. The van der Waals surface area contributed by atoms with Gasteiger partial charge in [-0.2, -0.15) is 0 Å². The van der Waals surface area contributed by atoms with Crippen LogP contribution in [0, 0.1) is 0 Å². The van der Waals surface area contributed by atoms with Crippen LogP contribution in [-0.2, 0) is 9.59 Å². The second-order valence-electron chi connectivity index (χ2n) is 6.94. The van der Waals surface area contributed by atoms with Crippen LogP contribution in [0.2, 0.25) is 0 Å². The Labute approximate surface area is 207 Å². The van der Waals surface area contributed by atoms with E-state index in [0.717, 1.165) is 25.7 Å². The molecule has 0 atom stereocenters. The Kier molecular flexibility index (Phi) is 31.6. The Morgan fingerprint density at radius 2 is 0.577 bits per heavy atom. The van der Waals surface area contributed by atoms with E-state index in [0.29, 0.717) is 12.8 Å². The molecule has 6 heteroatoms. The Bertz CT molecular complexity index is 293. The SMILES string of the molecule is O=C(O)CCCCCCCCCCCCCCCCCCC(=O)O.[H-].[H-].[Na+].[Na+]. The van der Waals surface area contributed by atoms with Crippen molar-refractivity contribution in [2.24, 2.45) is 0 Å². The molecule has 0 aliphatic heterocycles. The molecule has 146 valence electrons. The van der Waals surface area contributed by atoms with Gasteiger partial charge in [-0.05, 0) is 12.8 Å². The van der Waals surface area contributed by atoms with Gasteiger partial charge in [-0.1, -0.05) is 89.9 Å². The maximum Gasteiger partial charge on any atom is 1.00 e. The fourth-order valence-corrected chi connectivity index (χ4v) is 3.03. The monoisotopic (exact) mass is 390 g/mol. The van der Waals surface area contributed by atoms with Crippen LogP contribution >= 0.6 is 0 Å². The molecule has 0 aliphatic rings. The second kappa shape index (κ2) is 25.9. The molecule has 0 fully saturated rings. The van der Waals surface area contributed by atoms with E-state index < -0.39 is 11.9 Å². The van der Waals surface area contributed by atoms with Crippen LogP contribution in [-0.4, -0.2) is 22.2 Å². The summed E-state index contributed by atoms with van der Waals surface area (Å²) in [6.07, 6.45) is 19.9. The van der Waals surface area contributed by atoms with E-state index in [2.05, 4.69) is 0 Å². The van der Waals surface area contributed by atoms with E-state index in [1.807, 2.05) is 0 Å². The minimum atomic E-state index is -0.673. The van der Waals surface area contributed by atoms with E-state index >= 15 is 0 Å². The van der Waals surface area contributed by atoms with Crippen molar-refractivity contribution >= 4 is 11.9 Å². The predicted octanol–water partition coefficient (Wildman–Crippen LogP) is 0.410. The molecule has 0 amide bonds. The Morgan fingerprint density at radius 3 is 0.731 bits per heavy atom. The molecular formula is C20H40Na2O4. The van der Waals surface area contributed by atoms with Crippen molar-refractivity contribution in [3.05, 3.63) is 0 Å². The number of carbonyl (C=O) groups is 2. The molecule has 0 spiro atoms. The second-order valence-corrected chi connectivity index (χ2v) is 6.94. The van der Waals surface area contributed by atoms with E-state index in [-0.39, 0.29) is 62.0 Å².